The van der Waals surface area contributed by atoms with Crippen LogP contribution in [0.5, 0.6) is 0 Å². The van der Waals surface area contributed by atoms with Crippen molar-refractivity contribution in [1.29, 1.82) is 0 Å². The molecule has 4 fully saturated rings. The molecule has 0 aromatic carbocycles. The molecule has 4 heteroatoms. The molecule has 0 amide bonds. The Kier molecular flexibility index (Phi) is 3.87. The standard InChI is InChI=1S/C21H31FO3/c1-4-21(25)10-6-13-17-12(5-9-20(13,21)3)19(2)8-7-15(23)18(22)14(19)11-16(17)24/h1,12-18,23-25H,5-11H2,2-3H3/t12-,13-,14?,15-,16-,17+,18-,19+,20-,21-/m0/s1. The van der Waals surface area contributed by atoms with Crippen molar-refractivity contribution >= 4 is 0 Å². The van der Waals surface area contributed by atoms with Crippen molar-refractivity contribution in [3.63, 3.8) is 0 Å². The van der Waals surface area contributed by atoms with Crippen LogP contribution in [0.15, 0.2) is 0 Å². The molecule has 0 radical (unpaired) electrons. The van der Waals surface area contributed by atoms with Crippen LogP contribution in [0.2, 0.25) is 0 Å². The number of fused-ring (bicyclic) bond motifs is 5. The highest BCUT2D eigenvalue weighted by Crippen LogP contribution is 2.68. The van der Waals surface area contributed by atoms with E-state index in [0.29, 0.717) is 19.3 Å². The fourth-order valence-electron chi connectivity index (χ4n) is 7.47. The quantitative estimate of drug-likeness (QED) is 0.589. The van der Waals surface area contributed by atoms with E-state index in [9.17, 15) is 19.7 Å². The smallest absolute Gasteiger partial charge is 0.130 e. The second-order valence-electron chi connectivity index (χ2n) is 9.76. The van der Waals surface area contributed by atoms with Crippen LogP contribution in [0.1, 0.15) is 58.8 Å². The Bertz CT molecular complexity index is 602. The lowest BCUT2D eigenvalue weighted by Gasteiger charge is -2.62. The lowest BCUT2D eigenvalue weighted by atomic mass is 9.43. The first-order chi connectivity index (χ1) is 11.7. The number of halogens is 1. The number of rotatable bonds is 0. The molecule has 0 spiro atoms. The van der Waals surface area contributed by atoms with E-state index in [1.807, 2.05) is 0 Å². The van der Waals surface area contributed by atoms with E-state index in [2.05, 4.69) is 19.8 Å². The molecule has 4 rings (SSSR count). The van der Waals surface area contributed by atoms with Crippen molar-refractivity contribution in [3.8, 4) is 12.3 Å². The highest BCUT2D eigenvalue weighted by atomic mass is 19.1. The number of terminal acetylenes is 1. The second kappa shape index (κ2) is 5.44. The molecule has 0 bridgehead atoms. The van der Waals surface area contributed by atoms with Gasteiger partial charge in [-0.2, -0.15) is 0 Å². The summed E-state index contributed by atoms with van der Waals surface area (Å²) in [5, 5.41) is 32.0. The lowest BCUT2D eigenvalue weighted by Crippen LogP contribution is -2.62. The Morgan fingerprint density at radius 1 is 0.960 bits per heavy atom. The first kappa shape index (κ1) is 17.8. The monoisotopic (exact) mass is 350 g/mol. The van der Waals surface area contributed by atoms with Crippen molar-refractivity contribution in [3.05, 3.63) is 0 Å². The summed E-state index contributed by atoms with van der Waals surface area (Å²) in [5.41, 5.74) is -1.64. The predicted molar refractivity (Wildman–Crippen MR) is 93.2 cm³/mol. The minimum atomic E-state index is -1.24. The van der Waals surface area contributed by atoms with Crippen LogP contribution in [0.3, 0.4) is 0 Å². The summed E-state index contributed by atoms with van der Waals surface area (Å²) in [6, 6.07) is 0. The Morgan fingerprint density at radius 3 is 2.32 bits per heavy atom. The Labute approximate surface area is 150 Å². The maximum Gasteiger partial charge on any atom is 0.130 e. The van der Waals surface area contributed by atoms with Gasteiger partial charge in [-0.15, -0.1) is 6.42 Å². The summed E-state index contributed by atoms with van der Waals surface area (Å²) in [6.07, 6.45) is 7.83. The number of aliphatic hydroxyl groups is 3. The van der Waals surface area contributed by atoms with Crippen LogP contribution in [0, 0.1) is 46.8 Å². The molecule has 4 aliphatic rings. The van der Waals surface area contributed by atoms with Crippen LogP contribution >= 0.6 is 0 Å². The first-order valence-corrected chi connectivity index (χ1v) is 9.88. The summed E-state index contributed by atoms with van der Waals surface area (Å²) in [4.78, 5) is 0. The zero-order chi connectivity index (χ0) is 18.2. The number of hydrogen-bond acceptors (Lipinski definition) is 3. The number of alkyl halides is 1. The minimum absolute atomic E-state index is 0.0739. The van der Waals surface area contributed by atoms with Gasteiger partial charge in [0.1, 0.15) is 11.8 Å². The summed E-state index contributed by atoms with van der Waals surface area (Å²) in [7, 11) is 0. The van der Waals surface area contributed by atoms with Gasteiger partial charge >= 0.3 is 0 Å². The van der Waals surface area contributed by atoms with Crippen LogP contribution in [-0.4, -0.2) is 39.3 Å². The van der Waals surface area contributed by atoms with E-state index >= 15 is 0 Å². The van der Waals surface area contributed by atoms with E-state index in [1.165, 1.54) is 0 Å². The fourth-order valence-corrected chi connectivity index (χ4v) is 7.47. The zero-order valence-electron chi connectivity index (χ0n) is 15.3. The van der Waals surface area contributed by atoms with Gasteiger partial charge in [0.15, 0.2) is 0 Å². The molecule has 0 saturated heterocycles. The van der Waals surface area contributed by atoms with Gasteiger partial charge in [0.25, 0.3) is 0 Å². The predicted octanol–water partition coefficient (Wildman–Crippen LogP) is 2.67. The molecule has 0 heterocycles. The number of aliphatic hydroxyl groups excluding tert-OH is 2. The molecule has 0 aromatic heterocycles. The van der Waals surface area contributed by atoms with Crippen molar-refractivity contribution < 1.29 is 19.7 Å². The Morgan fingerprint density at radius 2 is 1.64 bits per heavy atom. The molecular formula is C21H31FO3. The van der Waals surface area contributed by atoms with Gasteiger partial charge in [-0.05, 0) is 68.1 Å². The molecular weight excluding hydrogens is 319 g/mol. The molecule has 140 valence electrons. The Hall–Kier alpha value is -0.630. The molecule has 0 aromatic rings. The van der Waals surface area contributed by atoms with Crippen LogP contribution < -0.4 is 0 Å². The van der Waals surface area contributed by atoms with Crippen molar-refractivity contribution in [2.24, 2.45) is 34.5 Å². The summed E-state index contributed by atoms with van der Waals surface area (Å²) < 4.78 is 14.8. The van der Waals surface area contributed by atoms with E-state index < -0.39 is 24.0 Å². The van der Waals surface area contributed by atoms with Gasteiger partial charge in [-0.25, -0.2) is 4.39 Å². The molecule has 4 saturated carbocycles. The molecule has 3 N–H and O–H groups in total. The highest BCUT2D eigenvalue weighted by molar-refractivity contribution is 5.24. The molecule has 3 nitrogen and oxygen atoms in total. The van der Waals surface area contributed by atoms with Crippen LogP contribution in [0.4, 0.5) is 4.39 Å². The maximum atomic E-state index is 14.8. The van der Waals surface area contributed by atoms with Gasteiger partial charge in [-0.3, -0.25) is 0 Å². The third-order valence-corrected chi connectivity index (χ3v) is 9.09. The molecule has 25 heavy (non-hydrogen) atoms. The van der Waals surface area contributed by atoms with Crippen LogP contribution in [-0.2, 0) is 0 Å². The molecule has 10 atom stereocenters. The third-order valence-electron chi connectivity index (χ3n) is 9.09. The minimum Gasteiger partial charge on any atom is -0.393 e. The van der Waals surface area contributed by atoms with E-state index in [-0.39, 0.29) is 34.5 Å². The number of hydrogen-bond donors (Lipinski definition) is 3. The van der Waals surface area contributed by atoms with Crippen molar-refractivity contribution in [2.45, 2.75) is 82.8 Å². The highest BCUT2D eigenvalue weighted by Gasteiger charge is 2.67. The zero-order valence-corrected chi connectivity index (χ0v) is 15.3. The van der Waals surface area contributed by atoms with Gasteiger partial charge in [0.2, 0.25) is 0 Å². The maximum absolute atomic E-state index is 14.8. The lowest BCUT2D eigenvalue weighted by molar-refractivity contribution is -0.200. The second-order valence-corrected chi connectivity index (χ2v) is 9.76. The molecule has 0 aliphatic heterocycles. The largest absolute Gasteiger partial charge is 0.393 e. The van der Waals surface area contributed by atoms with E-state index in [1.54, 1.807) is 0 Å². The van der Waals surface area contributed by atoms with Crippen LogP contribution in [0.25, 0.3) is 0 Å². The topological polar surface area (TPSA) is 60.7 Å². The van der Waals surface area contributed by atoms with Crippen molar-refractivity contribution in [2.75, 3.05) is 0 Å². The van der Waals surface area contributed by atoms with Gasteiger partial charge in [0, 0.05) is 11.3 Å². The fraction of sp³-hybridized carbons (Fsp3) is 0.905. The Balaban J connectivity index is 1.71. The SMILES string of the molecule is C#C[C@]1(O)CC[C@H]2[C@@H]3[C@@H](O)CC4[C@H](F)[C@@H](O)CC[C@]4(C)[C@H]3CC[C@@]21C. The average molecular weight is 350 g/mol. The van der Waals surface area contributed by atoms with Crippen molar-refractivity contribution in [1.82, 2.24) is 0 Å². The summed E-state index contributed by atoms with van der Waals surface area (Å²) in [6.45, 7) is 4.26. The van der Waals surface area contributed by atoms with Gasteiger partial charge < -0.3 is 15.3 Å². The van der Waals surface area contributed by atoms with Gasteiger partial charge in [0.05, 0.1) is 12.2 Å². The third kappa shape index (κ3) is 2.10. The summed E-state index contributed by atoms with van der Waals surface area (Å²) in [5.74, 6) is 2.88. The molecule has 4 aliphatic carbocycles. The normalized spacial score (nSPS) is 60.9. The first-order valence-electron chi connectivity index (χ1n) is 9.88. The van der Waals surface area contributed by atoms with E-state index in [4.69, 9.17) is 6.42 Å². The van der Waals surface area contributed by atoms with Gasteiger partial charge in [-0.1, -0.05) is 19.8 Å². The van der Waals surface area contributed by atoms with E-state index in [0.717, 1.165) is 25.7 Å². The average Bonchev–Trinajstić information content (AvgIpc) is 2.86. The molecule has 1 unspecified atom stereocenters. The summed E-state index contributed by atoms with van der Waals surface area (Å²) >= 11 is 0.